The molecule has 0 saturated heterocycles. The molecule has 0 aliphatic carbocycles. The quantitative estimate of drug-likeness (QED) is 0.445. The zero-order chi connectivity index (χ0) is 21.8. The lowest BCUT2D eigenvalue weighted by atomic mass is 10.1. The number of nitrogen functional groups attached to an aromatic ring is 1. The first-order valence-corrected chi connectivity index (χ1v) is 10.3. The van der Waals surface area contributed by atoms with Crippen LogP contribution in [0.1, 0.15) is 11.1 Å². The summed E-state index contributed by atoms with van der Waals surface area (Å²) in [6.07, 6.45) is 0. The maximum absolute atomic E-state index is 5.98. The normalized spacial score (nSPS) is 11.9. The third kappa shape index (κ3) is 4.57. The zero-order valence-electron chi connectivity index (χ0n) is 17.3. The van der Waals surface area contributed by atoms with Crippen LogP contribution in [0.2, 0.25) is 0 Å². The summed E-state index contributed by atoms with van der Waals surface area (Å²) in [6, 6.07) is 25.6. The number of fused-ring (bicyclic) bond motifs is 1. The number of aromatic nitrogens is 2. The van der Waals surface area contributed by atoms with Gasteiger partial charge in [-0.15, -0.1) is 0 Å². The van der Waals surface area contributed by atoms with E-state index in [-0.39, 0.29) is 12.7 Å². The van der Waals surface area contributed by atoms with E-state index in [0.717, 1.165) is 39.6 Å². The third-order valence-corrected chi connectivity index (χ3v) is 5.03. The van der Waals surface area contributed by atoms with Crippen molar-refractivity contribution >= 4 is 11.8 Å². The van der Waals surface area contributed by atoms with Gasteiger partial charge in [0.15, 0.2) is 11.5 Å². The number of rotatable bonds is 7. The van der Waals surface area contributed by atoms with Crippen molar-refractivity contribution in [1.29, 1.82) is 0 Å². The molecular weight excluding hydrogens is 404 g/mol. The van der Waals surface area contributed by atoms with Crippen LogP contribution in [0.4, 0.5) is 11.8 Å². The molecule has 1 aliphatic heterocycles. The summed E-state index contributed by atoms with van der Waals surface area (Å²) in [5.74, 6) is 3.11. The molecule has 4 aromatic rings. The first-order chi connectivity index (χ1) is 15.7. The second kappa shape index (κ2) is 8.85. The van der Waals surface area contributed by atoms with Crippen molar-refractivity contribution in [3.63, 3.8) is 0 Å². The minimum Gasteiger partial charge on any atom is -0.489 e. The van der Waals surface area contributed by atoms with Crippen molar-refractivity contribution in [2.45, 2.75) is 13.2 Å². The van der Waals surface area contributed by atoms with Crippen LogP contribution in [-0.4, -0.2) is 16.8 Å². The standard InChI is InChI=1S/C25H22N4O3/c26-25-28-21(19-7-4-8-20(12-19)30-15-17-5-2-1-3-6-17)13-24(29-25)27-14-18-9-10-22-23(11-18)32-16-31-22/h1-13H,14-16H2,(H3,26,27,28,29). The number of benzene rings is 3. The highest BCUT2D eigenvalue weighted by atomic mass is 16.7. The Balaban J connectivity index is 1.30. The molecule has 0 saturated carbocycles. The van der Waals surface area contributed by atoms with Crippen molar-refractivity contribution in [3.8, 4) is 28.5 Å². The number of ether oxygens (including phenoxy) is 3. The van der Waals surface area contributed by atoms with Crippen molar-refractivity contribution in [2.75, 3.05) is 17.8 Å². The minimum atomic E-state index is 0.200. The Bertz CT molecular complexity index is 1230. The van der Waals surface area contributed by atoms with Crippen LogP contribution in [0.3, 0.4) is 0 Å². The average Bonchev–Trinajstić information content (AvgIpc) is 3.30. The van der Waals surface area contributed by atoms with E-state index in [9.17, 15) is 0 Å². The van der Waals surface area contributed by atoms with Gasteiger partial charge in [-0.2, -0.15) is 4.98 Å². The summed E-state index contributed by atoms with van der Waals surface area (Å²) in [5.41, 5.74) is 9.76. The summed E-state index contributed by atoms with van der Waals surface area (Å²) in [4.78, 5) is 8.71. The van der Waals surface area contributed by atoms with Gasteiger partial charge in [-0.25, -0.2) is 4.98 Å². The molecule has 0 bridgehead atoms. The van der Waals surface area contributed by atoms with Gasteiger partial charge in [0.05, 0.1) is 5.69 Å². The molecule has 0 atom stereocenters. The summed E-state index contributed by atoms with van der Waals surface area (Å²) in [5, 5.41) is 3.31. The number of nitrogens with two attached hydrogens (primary N) is 1. The monoisotopic (exact) mass is 426 g/mol. The van der Waals surface area contributed by atoms with Crippen molar-refractivity contribution < 1.29 is 14.2 Å². The predicted octanol–water partition coefficient (Wildman–Crippen LogP) is 4.65. The maximum Gasteiger partial charge on any atom is 0.231 e. The molecule has 160 valence electrons. The molecule has 1 aromatic heterocycles. The van der Waals surface area contributed by atoms with Gasteiger partial charge in [-0.3, -0.25) is 0 Å². The van der Waals surface area contributed by atoms with Gasteiger partial charge in [0.25, 0.3) is 0 Å². The lowest BCUT2D eigenvalue weighted by Gasteiger charge is -2.11. The van der Waals surface area contributed by atoms with Crippen molar-refractivity contribution in [3.05, 3.63) is 90.0 Å². The molecule has 7 heteroatoms. The molecule has 0 unspecified atom stereocenters. The molecule has 32 heavy (non-hydrogen) atoms. The summed E-state index contributed by atoms with van der Waals surface area (Å²) in [6.45, 7) is 1.32. The van der Waals surface area contributed by atoms with Crippen molar-refractivity contribution in [1.82, 2.24) is 9.97 Å². The number of hydrogen-bond donors (Lipinski definition) is 2. The van der Waals surface area contributed by atoms with E-state index in [2.05, 4.69) is 15.3 Å². The fourth-order valence-corrected chi connectivity index (χ4v) is 3.43. The fraction of sp³-hybridized carbons (Fsp3) is 0.120. The Kier molecular flexibility index (Phi) is 5.45. The fourth-order valence-electron chi connectivity index (χ4n) is 3.43. The van der Waals surface area contributed by atoms with Gasteiger partial charge >= 0.3 is 0 Å². The number of anilines is 2. The van der Waals surface area contributed by atoms with Gasteiger partial charge in [-0.05, 0) is 35.4 Å². The molecule has 0 amide bonds. The molecule has 0 radical (unpaired) electrons. The molecule has 0 fully saturated rings. The Morgan fingerprint density at radius 3 is 2.62 bits per heavy atom. The van der Waals surface area contributed by atoms with Crippen LogP contribution in [-0.2, 0) is 13.2 Å². The van der Waals surface area contributed by atoms with E-state index in [1.807, 2.05) is 78.9 Å². The van der Waals surface area contributed by atoms with E-state index in [1.54, 1.807) is 0 Å². The molecule has 2 heterocycles. The van der Waals surface area contributed by atoms with Crippen LogP contribution >= 0.6 is 0 Å². The summed E-state index contributed by atoms with van der Waals surface area (Å²) >= 11 is 0. The highest BCUT2D eigenvalue weighted by Gasteiger charge is 2.13. The molecule has 0 spiro atoms. The van der Waals surface area contributed by atoms with Gasteiger partial charge in [0.1, 0.15) is 18.2 Å². The first-order valence-electron chi connectivity index (χ1n) is 10.3. The van der Waals surface area contributed by atoms with Crippen LogP contribution in [0.25, 0.3) is 11.3 Å². The third-order valence-electron chi connectivity index (χ3n) is 5.03. The molecule has 3 aromatic carbocycles. The summed E-state index contributed by atoms with van der Waals surface area (Å²) in [7, 11) is 0. The Morgan fingerprint density at radius 1 is 0.844 bits per heavy atom. The van der Waals surface area contributed by atoms with Gasteiger partial charge < -0.3 is 25.3 Å². The number of nitrogens with zero attached hydrogens (tertiary/aromatic N) is 2. The topological polar surface area (TPSA) is 91.5 Å². The lowest BCUT2D eigenvalue weighted by molar-refractivity contribution is 0.174. The van der Waals surface area contributed by atoms with E-state index < -0.39 is 0 Å². The van der Waals surface area contributed by atoms with Crippen LogP contribution in [0.15, 0.2) is 78.9 Å². The van der Waals surface area contributed by atoms with Gasteiger partial charge in [0, 0.05) is 18.2 Å². The second-order valence-electron chi connectivity index (χ2n) is 7.34. The first kappa shape index (κ1) is 19.7. The lowest BCUT2D eigenvalue weighted by Crippen LogP contribution is -2.05. The van der Waals surface area contributed by atoms with Crippen LogP contribution in [0, 0.1) is 0 Å². The number of nitrogens with one attached hydrogen (secondary N) is 1. The van der Waals surface area contributed by atoms with Crippen molar-refractivity contribution in [2.24, 2.45) is 0 Å². The largest absolute Gasteiger partial charge is 0.489 e. The maximum atomic E-state index is 5.98. The molecule has 5 rings (SSSR count). The van der Waals surface area contributed by atoms with Crippen LogP contribution in [0.5, 0.6) is 17.2 Å². The van der Waals surface area contributed by atoms with E-state index in [0.29, 0.717) is 19.0 Å². The number of hydrogen-bond acceptors (Lipinski definition) is 7. The molecular formula is C25H22N4O3. The van der Waals surface area contributed by atoms with Crippen LogP contribution < -0.4 is 25.3 Å². The Morgan fingerprint density at radius 2 is 1.72 bits per heavy atom. The Hall–Kier alpha value is -4.26. The SMILES string of the molecule is Nc1nc(NCc2ccc3c(c2)OCO3)cc(-c2cccc(OCc3ccccc3)c2)n1. The average molecular weight is 426 g/mol. The smallest absolute Gasteiger partial charge is 0.231 e. The predicted molar refractivity (Wildman–Crippen MR) is 123 cm³/mol. The minimum absolute atomic E-state index is 0.200. The molecule has 3 N–H and O–H groups in total. The molecule has 7 nitrogen and oxygen atoms in total. The van der Waals surface area contributed by atoms with Gasteiger partial charge in [0.2, 0.25) is 12.7 Å². The van der Waals surface area contributed by atoms with Gasteiger partial charge in [-0.1, -0.05) is 48.5 Å². The molecule has 1 aliphatic rings. The highest BCUT2D eigenvalue weighted by molar-refractivity contribution is 5.65. The zero-order valence-corrected chi connectivity index (χ0v) is 17.3. The summed E-state index contributed by atoms with van der Waals surface area (Å²) < 4.78 is 16.7. The second-order valence-corrected chi connectivity index (χ2v) is 7.34. The Labute approximate surface area is 185 Å². The van der Waals surface area contributed by atoms with E-state index >= 15 is 0 Å². The van der Waals surface area contributed by atoms with E-state index in [1.165, 1.54) is 0 Å². The highest BCUT2D eigenvalue weighted by Crippen LogP contribution is 2.32. The van der Waals surface area contributed by atoms with E-state index in [4.69, 9.17) is 19.9 Å².